The molecule has 0 spiro atoms. The van der Waals surface area contributed by atoms with Gasteiger partial charge in [-0.25, -0.2) is 4.79 Å². The highest BCUT2D eigenvalue weighted by Gasteiger charge is 2.38. The van der Waals surface area contributed by atoms with Crippen molar-refractivity contribution < 1.29 is 14.3 Å². The molecule has 162 valence electrons. The molecule has 4 rings (SSSR count). The minimum Gasteiger partial charge on any atom is -0.487 e. The number of amides is 3. The molecule has 1 heterocycles. The minimum atomic E-state index is -0.329. The molecule has 31 heavy (non-hydrogen) atoms. The summed E-state index contributed by atoms with van der Waals surface area (Å²) in [5.74, 6) is 0.398. The van der Waals surface area contributed by atoms with E-state index in [1.807, 2.05) is 36.4 Å². The van der Waals surface area contributed by atoms with E-state index in [1.165, 1.54) is 4.90 Å². The Kier molecular flexibility index (Phi) is 7.04. The number of benzene rings is 2. The summed E-state index contributed by atoms with van der Waals surface area (Å²) in [5.41, 5.74) is 2.06. The number of carbonyl (C=O) groups excluding carboxylic acids is 2. The average Bonchev–Trinajstić information content (AvgIpc) is 3.02. The van der Waals surface area contributed by atoms with Crippen molar-refractivity contribution in [2.24, 2.45) is 0 Å². The molecule has 0 aromatic heterocycles. The molecule has 5 nitrogen and oxygen atoms in total. The summed E-state index contributed by atoms with van der Waals surface area (Å²) < 4.78 is 7.43. The molecule has 2 aromatic rings. The van der Waals surface area contributed by atoms with E-state index < -0.39 is 0 Å². The first-order chi connectivity index (χ1) is 14.9. The van der Waals surface area contributed by atoms with Crippen LogP contribution < -0.4 is 10.1 Å². The summed E-state index contributed by atoms with van der Waals surface area (Å²) in [6, 6.07) is 10.9. The fraction of sp³-hybridized carbons (Fsp3) is 0.304. The van der Waals surface area contributed by atoms with Crippen LogP contribution in [0.25, 0.3) is 6.08 Å². The molecule has 2 fully saturated rings. The van der Waals surface area contributed by atoms with E-state index >= 15 is 0 Å². The highest BCUT2D eigenvalue weighted by atomic mass is 79.9. The van der Waals surface area contributed by atoms with Crippen molar-refractivity contribution in [3.63, 3.8) is 0 Å². The summed E-state index contributed by atoms with van der Waals surface area (Å²) in [6.07, 6.45) is 6.72. The van der Waals surface area contributed by atoms with Crippen LogP contribution in [0.15, 0.2) is 51.0 Å². The van der Waals surface area contributed by atoms with Crippen LogP contribution in [0.5, 0.6) is 5.75 Å². The van der Waals surface area contributed by atoms with E-state index in [0.29, 0.717) is 23.1 Å². The Labute approximate surface area is 203 Å². The van der Waals surface area contributed by atoms with Gasteiger partial charge in [-0.2, -0.15) is 0 Å². The van der Waals surface area contributed by atoms with Crippen molar-refractivity contribution in [2.45, 2.75) is 44.8 Å². The van der Waals surface area contributed by atoms with Crippen LogP contribution in [0.4, 0.5) is 4.79 Å². The Bertz CT molecular complexity index is 1010. The molecular formula is C23H21Br2ClN2O3. The molecular weight excluding hydrogens is 548 g/mol. The number of halogens is 3. The third kappa shape index (κ3) is 5.16. The summed E-state index contributed by atoms with van der Waals surface area (Å²) in [4.78, 5) is 26.7. The van der Waals surface area contributed by atoms with Crippen molar-refractivity contribution in [2.75, 3.05) is 0 Å². The Morgan fingerprint density at radius 2 is 1.71 bits per heavy atom. The predicted octanol–water partition coefficient (Wildman–Crippen LogP) is 6.67. The predicted molar refractivity (Wildman–Crippen MR) is 128 cm³/mol. The lowest BCUT2D eigenvalue weighted by Crippen LogP contribution is -2.41. The monoisotopic (exact) mass is 566 g/mol. The molecule has 0 bridgehead atoms. The number of imide groups is 1. The molecule has 0 atom stereocenters. The second kappa shape index (κ2) is 9.76. The largest absolute Gasteiger partial charge is 0.487 e. The smallest absolute Gasteiger partial charge is 0.329 e. The topological polar surface area (TPSA) is 58.6 Å². The fourth-order valence-corrected chi connectivity index (χ4v) is 5.50. The Morgan fingerprint density at radius 3 is 2.35 bits per heavy atom. The van der Waals surface area contributed by atoms with E-state index in [0.717, 1.165) is 52.2 Å². The molecule has 1 N–H and O–H groups in total. The fourth-order valence-electron chi connectivity index (χ4n) is 3.92. The van der Waals surface area contributed by atoms with Gasteiger partial charge in [0.25, 0.3) is 5.91 Å². The summed E-state index contributed by atoms with van der Waals surface area (Å²) in [7, 11) is 0. The van der Waals surface area contributed by atoms with Crippen molar-refractivity contribution in [1.29, 1.82) is 0 Å². The van der Waals surface area contributed by atoms with Crippen LogP contribution in [-0.2, 0) is 11.4 Å². The lowest BCUT2D eigenvalue weighted by molar-refractivity contribution is -0.124. The number of nitrogens with zero attached hydrogens (tertiary/aromatic N) is 1. The number of urea groups is 1. The maximum Gasteiger partial charge on any atom is 0.329 e. The molecule has 2 aliphatic rings. The van der Waals surface area contributed by atoms with E-state index in [-0.39, 0.29) is 18.0 Å². The molecule has 2 aromatic carbocycles. The zero-order valence-corrected chi connectivity index (χ0v) is 20.6. The second-order valence-electron chi connectivity index (χ2n) is 7.68. The van der Waals surface area contributed by atoms with Crippen molar-refractivity contribution in [3.05, 3.63) is 67.2 Å². The van der Waals surface area contributed by atoms with E-state index in [9.17, 15) is 9.59 Å². The van der Waals surface area contributed by atoms with Gasteiger partial charge < -0.3 is 10.1 Å². The van der Waals surface area contributed by atoms with Gasteiger partial charge in [-0.05, 0) is 86.2 Å². The van der Waals surface area contributed by atoms with Crippen LogP contribution in [0.3, 0.4) is 0 Å². The Balaban J connectivity index is 1.49. The number of ether oxygens (including phenoxy) is 1. The lowest BCUT2D eigenvalue weighted by Gasteiger charge is -2.28. The van der Waals surface area contributed by atoms with E-state index in [4.69, 9.17) is 16.3 Å². The maximum atomic E-state index is 12.9. The van der Waals surface area contributed by atoms with Crippen molar-refractivity contribution >= 4 is 61.5 Å². The van der Waals surface area contributed by atoms with Gasteiger partial charge >= 0.3 is 6.03 Å². The van der Waals surface area contributed by atoms with Crippen LogP contribution in [0.1, 0.15) is 43.2 Å². The van der Waals surface area contributed by atoms with E-state index in [2.05, 4.69) is 37.2 Å². The lowest BCUT2D eigenvalue weighted by atomic mass is 9.94. The molecule has 8 heteroatoms. The molecule has 1 aliphatic carbocycles. The molecule has 1 aliphatic heterocycles. The molecule has 0 radical (unpaired) electrons. The van der Waals surface area contributed by atoms with Crippen molar-refractivity contribution in [1.82, 2.24) is 10.2 Å². The normalized spacial score (nSPS) is 18.5. The van der Waals surface area contributed by atoms with Gasteiger partial charge in [0.15, 0.2) is 0 Å². The van der Waals surface area contributed by atoms with E-state index in [1.54, 1.807) is 6.08 Å². The van der Waals surface area contributed by atoms with Gasteiger partial charge in [0.1, 0.15) is 18.1 Å². The Morgan fingerprint density at radius 1 is 1.06 bits per heavy atom. The van der Waals surface area contributed by atoms with Crippen LogP contribution in [-0.4, -0.2) is 22.9 Å². The first-order valence-electron chi connectivity index (χ1n) is 10.1. The van der Waals surface area contributed by atoms with Crippen LogP contribution >= 0.6 is 43.5 Å². The third-order valence-electron chi connectivity index (χ3n) is 5.48. The zero-order chi connectivity index (χ0) is 22.0. The number of rotatable bonds is 5. The molecule has 3 amide bonds. The van der Waals surface area contributed by atoms with Gasteiger partial charge in [-0.15, -0.1) is 0 Å². The van der Waals surface area contributed by atoms with Gasteiger partial charge in [0, 0.05) is 11.1 Å². The van der Waals surface area contributed by atoms with Crippen LogP contribution in [0, 0.1) is 0 Å². The minimum absolute atomic E-state index is 0.00531. The van der Waals surface area contributed by atoms with Crippen molar-refractivity contribution in [3.8, 4) is 5.75 Å². The second-order valence-corrected chi connectivity index (χ2v) is 9.83. The molecule has 0 unspecified atom stereocenters. The number of hydrogen-bond donors (Lipinski definition) is 1. The Hall–Kier alpha value is -1.83. The third-order valence-corrected chi connectivity index (χ3v) is 6.91. The highest BCUT2D eigenvalue weighted by molar-refractivity contribution is 9.11. The highest BCUT2D eigenvalue weighted by Crippen LogP contribution is 2.36. The SMILES string of the molecule is O=C1N/C(=C\c2cc(Br)c(OCc3ccc(Cl)cc3)c(Br)c2)C(=O)N1C1CCCCC1. The van der Waals surface area contributed by atoms with Gasteiger partial charge in [-0.3, -0.25) is 9.69 Å². The number of nitrogens with one attached hydrogen (secondary N) is 1. The average molecular weight is 569 g/mol. The van der Waals surface area contributed by atoms with Gasteiger partial charge in [-0.1, -0.05) is 43.0 Å². The first-order valence-corrected chi connectivity index (χ1v) is 12.1. The maximum absolute atomic E-state index is 12.9. The number of hydrogen-bond acceptors (Lipinski definition) is 3. The quantitative estimate of drug-likeness (QED) is 0.324. The standard InChI is InChI=1S/C23H21Br2ClN2O3/c24-18-10-15(11-19(25)21(18)31-13-14-6-8-16(26)9-7-14)12-20-22(29)28(23(30)27-20)17-4-2-1-3-5-17/h6-12,17H,1-5,13H2,(H,27,30)/b20-12-. The number of carbonyl (C=O) groups is 2. The van der Waals surface area contributed by atoms with Gasteiger partial charge in [0.2, 0.25) is 0 Å². The summed E-state index contributed by atoms with van der Waals surface area (Å²) in [5, 5.41) is 3.41. The first kappa shape index (κ1) is 22.4. The van der Waals surface area contributed by atoms with Gasteiger partial charge in [0.05, 0.1) is 8.95 Å². The molecule has 1 saturated carbocycles. The zero-order valence-electron chi connectivity index (χ0n) is 16.7. The summed E-state index contributed by atoms with van der Waals surface area (Å²) >= 11 is 13.0. The van der Waals surface area contributed by atoms with Crippen LogP contribution in [0.2, 0.25) is 5.02 Å². The summed E-state index contributed by atoms with van der Waals surface area (Å²) in [6.45, 7) is 0.389. The molecule has 1 saturated heterocycles.